The molecule has 2 bridgehead atoms. The summed E-state index contributed by atoms with van der Waals surface area (Å²) < 4.78 is 0. The molecule has 0 aromatic rings. The number of carbonyl (C=O) groups is 1. The van der Waals surface area contributed by atoms with Crippen LogP contribution in [0.3, 0.4) is 0 Å². The Labute approximate surface area is 127 Å². The molecule has 3 aliphatic heterocycles. The molecule has 3 saturated heterocycles. The highest BCUT2D eigenvalue weighted by Gasteiger charge is 2.42. The maximum Gasteiger partial charge on any atom is 0.304 e. The van der Waals surface area contributed by atoms with Crippen LogP contribution < -0.4 is 0 Å². The Morgan fingerprint density at radius 1 is 1.14 bits per heavy atom. The molecule has 0 aromatic heterocycles. The van der Waals surface area contributed by atoms with Crippen LogP contribution in [0.1, 0.15) is 32.1 Å². The zero-order chi connectivity index (χ0) is 15.0. The lowest BCUT2D eigenvalue weighted by Gasteiger charge is -2.47. The van der Waals surface area contributed by atoms with Crippen molar-refractivity contribution in [3.8, 4) is 0 Å². The van der Waals surface area contributed by atoms with Crippen molar-refractivity contribution in [2.45, 2.75) is 50.2 Å². The fourth-order valence-electron chi connectivity index (χ4n) is 4.69. The molecular formula is C16H29N3O2. The van der Waals surface area contributed by atoms with Crippen molar-refractivity contribution in [3.05, 3.63) is 0 Å². The van der Waals surface area contributed by atoms with Crippen LogP contribution >= 0.6 is 0 Å². The summed E-state index contributed by atoms with van der Waals surface area (Å²) in [4.78, 5) is 18.3. The zero-order valence-electron chi connectivity index (χ0n) is 13.4. The molecule has 3 atom stereocenters. The minimum absolute atomic E-state index is 0.273. The van der Waals surface area contributed by atoms with E-state index in [1.165, 1.54) is 25.7 Å². The largest absolute Gasteiger partial charge is 0.481 e. The van der Waals surface area contributed by atoms with Gasteiger partial charge in [0.2, 0.25) is 0 Å². The topological polar surface area (TPSA) is 47.0 Å². The quantitative estimate of drug-likeness (QED) is 0.837. The number of piperidine rings is 1. The number of rotatable bonds is 4. The summed E-state index contributed by atoms with van der Waals surface area (Å²) in [7, 11) is 4.54. The highest BCUT2D eigenvalue weighted by atomic mass is 16.4. The van der Waals surface area contributed by atoms with Gasteiger partial charge in [-0.15, -0.1) is 0 Å². The molecule has 0 radical (unpaired) electrons. The van der Waals surface area contributed by atoms with E-state index in [1.807, 2.05) is 0 Å². The smallest absolute Gasteiger partial charge is 0.304 e. The summed E-state index contributed by atoms with van der Waals surface area (Å²) in [6.45, 7) is 3.85. The number of piperazine rings is 1. The molecule has 3 rings (SSSR count). The zero-order valence-corrected chi connectivity index (χ0v) is 13.4. The molecule has 0 aromatic carbocycles. The number of likely N-dealkylation sites (N-methyl/N-ethyl adjacent to an activating group) is 1. The van der Waals surface area contributed by atoms with Gasteiger partial charge in [-0.3, -0.25) is 9.69 Å². The maximum atomic E-state index is 10.8. The molecule has 120 valence electrons. The van der Waals surface area contributed by atoms with E-state index >= 15 is 0 Å². The first kappa shape index (κ1) is 15.3. The third-order valence-electron chi connectivity index (χ3n) is 6.10. The van der Waals surface area contributed by atoms with Crippen molar-refractivity contribution in [3.63, 3.8) is 0 Å². The first-order valence-corrected chi connectivity index (χ1v) is 8.41. The number of carboxylic acid groups (broad SMARTS) is 1. The van der Waals surface area contributed by atoms with Crippen molar-refractivity contribution < 1.29 is 9.90 Å². The van der Waals surface area contributed by atoms with Crippen LogP contribution in [0, 0.1) is 5.92 Å². The predicted octanol–water partition coefficient (Wildman–Crippen LogP) is 0.950. The second-order valence-corrected chi connectivity index (χ2v) is 7.27. The molecule has 3 unspecified atom stereocenters. The Morgan fingerprint density at radius 2 is 1.81 bits per heavy atom. The summed E-state index contributed by atoms with van der Waals surface area (Å²) in [5, 5.41) is 8.88. The number of hydrogen-bond acceptors (Lipinski definition) is 4. The SMILES string of the molecule is CN1CCN(CCC(=O)O)CC1C1CC2CCC(C1)N2C. The van der Waals surface area contributed by atoms with Crippen LogP contribution in [0.2, 0.25) is 0 Å². The average Bonchev–Trinajstić information content (AvgIpc) is 2.67. The third-order valence-corrected chi connectivity index (χ3v) is 6.10. The van der Waals surface area contributed by atoms with Crippen LogP contribution in [0.15, 0.2) is 0 Å². The lowest BCUT2D eigenvalue weighted by molar-refractivity contribution is -0.137. The first-order chi connectivity index (χ1) is 10.0. The standard InChI is InChI=1S/C16H29N3O2/c1-17-7-8-19(6-5-16(20)21)11-15(17)12-9-13-3-4-14(10-12)18(13)2/h12-15H,3-11H2,1-2H3,(H,20,21). The van der Waals surface area contributed by atoms with Crippen LogP contribution in [0.25, 0.3) is 0 Å². The fraction of sp³-hybridized carbons (Fsp3) is 0.938. The molecule has 0 saturated carbocycles. The van der Waals surface area contributed by atoms with Crippen molar-refractivity contribution >= 4 is 5.97 Å². The van der Waals surface area contributed by atoms with Crippen molar-refractivity contribution in [2.75, 3.05) is 40.3 Å². The van der Waals surface area contributed by atoms with E-state index in [0.29, 0.717) is 12.6 Å². The molecule has 0 spiro atoms. The van der Waals surface area contributed by atoms with Crippen LogP contribution in [-0.2, 0) is 4.79 Å². The molecule has 0 amide bonds. The van der Waals surface area contributed by atoms with E-state index in [4.69, 9.17) is 5.11 Å². The molecule has 1 N–H and O–H groups in total. The fourth-order valence-corrected chi connectivity index (χ4v) is 4.69. The van der Waals surface area contributed by atoms with Gasteiger partial charge in [0, 0.05) is 44.3 Å². The van der Waals surface area contributed by atoms with Crippen molar-refractivity contribution in [1.82, 2.24) is 14.7 Å². The monoisotopic (exact) mass is 295 g/mol. The van der Waals surface area contributed by atoms with Gasteiger partial charge in [-0.2, -0.15) is 0 Å². The number of aliphatic carboxylic acids is 1. The molecule has 21 heavy (non-hydrogen) atoms. The van der Waals surface area contributed by atoms with Crippen LogP contribution in [0.4, 0.5) is 0 Å². The van der Waals surface area contributed by atoms with Gasteiger partial charge in [0.05, 0.1) is 6.42 Å². The average molecular weight is 295 g/mol. The lowest BCUT2D eigenvalue weighted by Crippen LogP contribution is -2.57. The number of nitrogens with zero attached hydrogens (tertiary/aromatic N) is 3. The van der Waals surface area contributed by atoms with Gasteiger partial charge in [-0.1, -0.05) is 0 Å². The summed E-state index contributed by atoms with van der Waals surface area (Å²) >= 11 is 0. The Balaban J connectivity index is 1.59. The van der Waals surface area contributed by atoms with Gasteiger partial charge in [0.1, 0.15) is 0 Å². The molecule has 3 aliphatic rings. The van der Waals surface area contributed by atoms with E-state index in [-0.39, 0.29) is 6.42 Å². The van der Waals surface area contributed by atoms with Crippen LogP contribution in [-0.4, -0.2) is 84.2 Å². The first-order valence-electron chi connectivity index (χ1n) is 8.41. The lowest BCUT2D eigenvalue weighted by atomic mass is 9.83. The predicted molar refractivity (Wildman–Crippen MR) is 82.4 cm³/mol. The summed E-state index contributed by atoms with van der Waals surface area (Å²) in [5.74, 6) is 0.110. The van der Waals surface area contributed by atoms with E-state index < -0.39 is 5.97 Å². The third kappa shape index (κ3) is 3.25. The number of carboxylic acids is 1. The second-order valence-electron chi connectivity index (χ2n) is 7.27. The Hall–Kier alpha value is -0.650. The number of fused-ring (bicyclic) bond motifs is 2. The Kier molecular flexibility index (Phi) is 4.52. The second kappa shape index (κ2) is 6.23. The molecule has 3 heterocycles. The van der Waals surface area contributed by atoms with Gasteiger partial charge in [0.25, 0.3) is 0 Å². The molecule has 5 heteroatoms. The van der Waals surface area contributed by atoms with Crippen molar-refractivity contribution in [2.24, 2.45) is 5.92 Å². The maximum absolute atomic E-state index is 10.8. The van der Waals surface area contributed by atoms with Gasteiger partial charge in [-0.05, 0) is 45.7 Å². The van der Waals surface area contributed by atoms with E-state index in [0.717, 1.165) is 37.6 Å². The summed E-state index contributed by atoms with van der Waals surface area (Å²) in [6.07, 6.45) is 5.67. The summed E-state index contributed by atoms with van der Waals surface area (Å²) in [5.41, 5.74) is 0. The van der Waals surface area contributed by atoms with Gasteiger partial charge >= 0.3 is 5.97 Å². The van der Waals surface area contributed by atoms with Crippen LogP contribution in [0.5, 0.6) is 0 Å². The van der Waals surface area contributed by atoms with Crippen molar-refractivity contribution in [1.29, 1.82) is 0 Å². The van der Waals surface area contributed by atoms with Gasteiger partial charge in [0.15, 0.2) is 0 Å². The molecule has 3 fully saturated rings. The molecular weight excluding hydrogens is 266 g/mol. The van der Waals surface area contributed by atoms with E-state index in [9.17, 15) is 4.79 Å². The summed E-state index contributed by atoms with van der Waals surface area (Å²) in [6, 6.07) is 2.19. The molecule has 5 nitrogen and oxygen atoms in total. The highest BCUT2D eigenvalue weighted by molar-refractivity contribution is 5.66. The Morgan fingerprint density at radius 3 is 2.43 bits per heavy atom. The Bertz CT molecular complexity index is 376. The highest BCUT2D eigenvalue weighted by Crippen LogP contribution is 2.40. The van der Waals surface area contributed by atoms with Gasteiger partial charge < -0.3 is 14.9 Å². The minimum Gasteiger partial charge on any atom is -0.481 e. The van der Waals surface area contributed by atoms with E-state index in [2.05, 4.69) is 28.8 Å². The normalized spacial score (nSPS) is 38.8. The minimum atomic E-state index is -0.678. The molecule has 0 aliphatic carbocycles. The number of hydrogen-bond donors (Lipinski definition) is 1. The van der Waals surface area contributed by atoms with E-state index in [1.54, 1.807) is 0 Å². The van der Waals surface area contributed by atoms with Gasteiger partial charge in [-0.25, -0.2) is 0 Å².